The van der Waals surface area contributed by atoms with Crippen LogP contribution in [0.3, 0.4) is 0 Å². The minimum atomic E-state index is -0.586. The van der Waals surface area contributed by atoms with Crippen molar-refractivity contribution in [2.45, 2.75) is 38.7 Å². The molecular weight excluding hydrogens is 220 g/mol. The summed E-state index contributed by atoms with van der Waals surface area (Å²) in [5.74, 6) is -0.361. The number of rotatable bonds is 2. The molecule has 2 aliphatic rings. The first-order chi connectivity index (χ1) is 7.92. The van der Waals surface area contributed by atoms with Crippen molar-refractivity contribution in [1.29, 1.82) is 0 Å². The van der Waals surface area contributed by atoms with E-state index in [9.17, 15) is 9.59 Å². The van der Waals surface area contributed by atoms with Crippen LogP contribution >= 0.6 is 0 Å². The van der Waals surface area contributed by atoms with E-state index >= 15 is 0 Å². The third kappa shape index (κ3) is 2.09. The fourth-order valence-corrected chi connectivity index (χ4v) is 2.27. The summed E-state index contributed by atoms with van der Waals surface area (Å²) in [5, 5.41) is 3.72. The second kappa shape index (κ2) is 3.98. The maximum absolute atomic E-state index is 11.7. The van der Waals surface area contributed by atoms with Gasteiger partial charge in [-0.1, -0.05) is 11.2 Å². The van der Waals surface area contributed by atoms with E-state index in [0.717, 1.165) is 12.0 Å². The number of amides is 1. The SMILES string of the molecule is CC1=CCC(C2(C)CC(C(N)=O)=NO2)CC1=O. The molecule has 0 saturated carbocycles. The average Bonchev–Trinajstić information content (AvgIpc) is 2.66. The number of nitrogens with two attached hydrogens (primary N) is 1. The summed E-state index contributed by atoms with van der Waals surface area (Å²) in [6.45, 7) is 3.70. The van der Waals surface area contributed by atoms with Crippen LogP contribution in [-0.2, 0) is 14.4 Å². The van der Waals surface area contributed by atoms with Crippen molar-refractivity contribution in [2.24, 2.45) is 16.8 Å². The third-order valence-corrected chi connectivity index (χ3v) is 3.61. The first-order valence-corrected chi connectivity index (χ1v) is 5.67. The van der Waals surface area contributed by atoms with Crippen molar-refractivity contribution in [2.75, 3.05) is 0 Å². The molecule has 0 aromatic carbocycles. The molecule has 2 unspecified atom stereocenters. The lowest BCUT2D eigenvalue weighted by Crippen LogP contribution is -2.39. The van der Waals surface area contributed by atoms with Gasteiger partial charge in [-0.3, -0.25) is 9.59 Å². The zero-order chi connectivity index (χ0) is 12.6. The first kappa shape index (κ1) is 11.8. The van der Waals surface area contributed by atoms with Gasteiger partial charge in [0, 0.05) is 18.8 Å². The number of carbonyl (C=O) groups excluding carboxylic acids is 2. The molecule has 2 atom stereocenters. The van der Waals surface area contributed by atoms with Crippen LogP contribution in [0.25, 0.3) is 0 Å². The van der Waals surface area contributed by atoms with E-state index in [4.69, 9.17) is 10.6 Å². The fourth-order valence-electron chi connectivity index (χ4n) is 2.27. The molecule has 0 spiro atoms. The van der Waals surface area contributed by atoms with Crippen molar-refractivity contribution < 1.29 is 14.4 Å². The van der Waals surface area contributed by atoms with Crippen molar-refractivity contribution in [3.8, 4) is 0 Å². The molecule has 0 saturated heterocycles. The maximum Gasteiger partial charge on any atom is 0.266 e. The van der Waals surface area contributed by atoms with Crippen molar-refractivity contribution in [3.63, 3.8) is 0 Å². The van der Waals surface area contributed by atoms with E-state index in [0.29, 0.717) is 12.8 Å². The van der Waals surface area contributed by atoms with E-state index in [1.807, 2.05) is 19.9 Å². The molecule has 1 aliphatic heterocycles. The van der Waals surface area contributed by atoms with Gasteiger partial charge in [0.1, 0.15) is 11.3 Å². The number of Topliss-reactive ketones (excluding diaryl/α,β-unsaturated/α-hetero) is 1. The monoisotopic (exact) mass is 236 g/mol. The molecule has 5 nitrogen and oxygen atoms in total. The van der Waals surface area contributed by atoms with E-state index in [2.05, 4.69) is 5.16 Å². The Balaban J connectivity index is 2.10. The summed E-state index contributed by atoms with van der Waals surface area (Å²) >= 11 is 0. The number of allylic oxidation sites excluding steroid dienone is 2. The molecule has 1 amide bonds. The average molecular weight is 236 g/mol. The largest absolute Gasteiger partial charge is 0.388 e. The Morgan fingerprint density at radius 1 is 1.65 bits per heavy atom. The van der Waals surface area contributed by atoms with Crippen LogP contribution in [0.5, 0.6) is 0 Å². The Hall–Kier alpha value is -1.65. The number of oxime groups is 1. The van der Waals surface area contributed by atoms with Crippen molar-refractivity contribution in [3.05, 3.63) is 11.6 Å². The molecule has 92 valence electrons. The predicted octanol–water partition coefficient (Wildman–Crippen LogP) is 0.932. The van der Waals surface area contributed by atoms with E-state index < -0.39 is 11.5 Å². The summed E-state index contributed by atoms with van der Waals surface area (Å²) in [6, 6.07) is 0. The zero-order valence-electron chi connectivity index (χ0n) is 10.0. The van der Waals surface area contributed by atoms with E-state index in [1.165, 1.54) is 0 Å². The van der Waals surface area contributed by atoms with Gasteiger partial charge >= 0.3 is 0 Å². The van der Waals surface area contributed by atoms with Crippen LogP contribution in [0.15, 0.2) is 16.8 Å². The molecule has 0 aromatic rings. The Kier molecular flexibility index (Phi) is 2.77. The molecule has 1 heterocycles. The lowest BCUT2D eigenvalue weighted by molar-refractivity contribution is -0.121. The van der Waals surface area contributed by atoms with E-state index in [-0.39, 0.29) is 17.4 Å². The maximum atomic E-state index is 11.7. The van der Waals surface area contributed by atoms with Crippen LogP contribution in [-0.4, -0.2) is 23.0 Å². The standard InChI is InChI=1S/C12H16N2O3/c1-7-3-4-8(5-10(7)15)12(2)6-9(11(13)16)14-17-12/h3,8H,4-6H2,1-2H3,(H2,13,16). The predicted molar refractivity (Wildman–Crippen MR) is 62.2 cm³/mol. The van der Waals surface area contributed by atoms with Gasteiger partial charge in [0.25, 0.3) is 5.91 Å². The topological polar surface area (TPSA) is 81.8 Å². The van der Waals surface area contributed by atoms with Crippen molar-refractivity contribution >= 4 is 17.4 Å². The highest BCUT2D eigenvalue weighted by atomic mass is 16.7. The number of hydrogen-bond acceptors (Lipinski definition) is 4. The minimum Gasteiger partial charge on any atom is -0.388 e. The number of hydrogen-bond donors (Lipinski definition) is 1. The molecule has 1 aliphatic carbocycles. The quantitative estimate of drug-likeness (QED) is 0.774. The summed E-state index contributed by atoms with van der Waals surface area (Å²) in [7, 11) is 0. The van der Waals surface area contributed by atoms with Gasteiger partial charge in [0.05, 0.1) is 0 Å². The van der Waals surface area contributed by atoms with Crippen molar-refractivity contribution in [1.82, 2.24) is 0 Å². The van der Waals surface area contributed by atoms with Crippen LogP contribution in [0.4, 0.5) is 0 Å². The Morgan fingerprint density at radius 3 is 2.88 bits per heavy atom. The summed E-state index contributed by atoms with van der Waals surface area (Å²) in [4.78, 5) is 28.0. The number of primary amides is 1. The van der Waals surface area contributed by atoms with Gasteiger partial charge in [-0.2, -0.15) is 0 Å². The van der Waals surface area contributed by atoms with Gasteiger partial charge in [0.15, 0.2) is 5.78 Å². The van der Waals surface area contributed by atoms with Gasteiger partial charge < -0.3 is 10.6 Å². The number of nitrogens with zero attached hydrogens (tertiary/aromatic N) is 1. The Bertz CT molecular complexity index is 439. The number of ketones is 1. The Labute approximate surface area is 99.7 Å². The fraction of sp³-hybridized carbons (Fsp3) is 0.583. The number of carbonyl (C=O) groups is 2. The lowest BCUT2D eigenvalue weighted by Gasteiger charge is -2.32. The highest BCUT2D eigenvalue weighted by Gasteiger charge is 2.44. The molecule has 0 bridgehead atoms. The third-order valence-electron chi connectivity index (χ3n) is 3.61. The minimum absolute atomic E-state index is 0.0549. The van der Waals surface area contributed by atoms with Crippen LogP contribution in [0.2, 0.25) is 0 Å². The molecule has 0 fully saturated rings. The van der Waals surface area contributed by atoms with Gasteiger partial charge in [0.2, 0.25) is 0 Å². The highest BCUT2D eigenvalue weighted by molar-refractivity contribution is 6.38. The van der Waals surface area contributed by atoms with Crippen LogP contribution in [0.1, 0.15) is 33.1 Å². The van der Waals surface area contributed by atoms with Gasteiger partial charge in [-0.05, 0) is 25.8 Å². The molecule has 5 heteroatoms. The molecule has 0 aromatic heterocycles. The smallest absolute Gasteiger partial charge is 0.266 e. The molecule has 17 heavy (non-hydrogen) atoms. The first-order valence-electron chi connectivity index (χ1n) is 5.67. The molecule has 2 N–H and O–H groups in total. The molecule has 0 radical (unpaired) electrons. The highest BCUT2D eigenvalue weighted by Crippen LogP contribution is 2.38. The van der Waals surface area contributed by atoms with E-state index in [1.54, 1.807) is 0 Å². The zero-order valence-corrected chi connectivity index (χ0v) is 10.0. The molecular formula is C12H16N2O3. The Morgan fingerprint density at radius 2 is 2.35 bits per heavy atom. The summed E-state index contributed by atoms with van der Waals surface area (Å²) in [6.07, 6.45) is 3.52. The second-order valence-electron chi connectivity index (χ2n) is 4.93. The lowest BCUT2D eigenvalue weighted by atomic mass is 9.76. The summed E-state index contributed by atoms with van der Waals surface area (Å²) < 4.78 is 0. The van der Waals surface area contributed by atoms with Crippen LogP contribution < -0.4 is 5.73 Å². The normalized spacial score (nSPS) is 32.8. The van der Waals surface area contributed by atoms with Gasteiger partial charge in [-0.15, -0.1) is 0 Å². The second-order valence-corrected chi connectivity index (χ2v) is 4.93. The van der Waals surface area contributed by atoms with Crippen LogP contribution in [0, 0.1) is 5.92 Å². The van der Waals surface area contributed by atoms with Gasteiger partial charge in [-0.25, -0.2) is 0 Å². The summed E-state index contributed by atoms with van der Waals surface area (Å²) in [5.41, 5.74) is 5.64. The molecule has 2 rings (SSSR count).